The van der Waals surface area contributed by atoms with Crippen molar-refractivity contribution in [1.82, 2.24) is 20.9 Å². The Hall–Kier alpha value is -1.63. The van der Waals surface area contributed by atoms with Gasteiger partial charge in [-0.3, -0.25) is 19.8 Å². The fourth-order valence-electron chi connectivity index (χ4n) is 3.73. The highest BCUT2D eigenvalue weighted by molar-refractivity contribution is 5.96. The number of nitrogens with zero attached hydrogens (tertiary/aromatic N) is 1. The number of imide groups is 1. The molecule has 1 saturated heterocycles. The van der Waals surface area contributed by atoms with Crippen molar-refractivity contribution < 1.29 is 14.4 Å². The summed E-state index contributed by atoms with van der Waals surface area (Å²) in [6.07, 6.45) is 7.56. The van der Waals surface area contributed by atoms with Gasteiger partial charge in [-0.1, -0.05) is 19.3 Å². The monoisotopic (exact) mass is 352 g/mol. The first-order valence-electron chi connectivity index (χ1n) is 9.64. The molecule has 1 aliphatic heterocycles. The van der Waals surface area contributed by atoms with Gasteiger partial charge in [-0.2, -0.15) is 0 Å². The van der Waals surface area contributed by atoms with Gasteiger partial charge in [-0.05, 0) is 46.1 Å². The molecule has 25 heavy (non-hydrogen) atoms. The zero-order valence-corrected chi connectivity index (χ0v) is 15.5. The lowest BCUT2D eigenvalue weighted by Gasteiger charge is -2.36. The minimum atomic E-state index is -0.469. The molecule has 7 nitrogen and oxygen atoms in total. The molecule has 4 amide bonds. The van der Waals surface area contributed by atoms with Gasteiger partial charge in [-0.25, -0.2) is 4.79 Å². The first-order valence-corrected chi connectivity index (χ1v) is 9.64. The smallest absolute Gasteiger partial charge is 0.321 e. The summed E-state index contributed by atoms with van der Waals surface area (Å²) >= 11 is 0. The Morgan fingerprint density at radius 1 is 1.08 bits per heavy atom. The number of piperidine rings is 1. The van der Waals surface area contributed by atoms with Crippen LogP contribution in [-0.4, -0.2) is 54.5 Å². The van der Waals surface area contributed by atoms with Crippen LogP contribution in [0.15, 0.2) is 0 Å². The van der Waals surface area contributed by atoms with E-state index in [2.05, 4.69) is 16.0 Å². The van der Waals surface area contributed by atoms with Gasteiger partial charge in [0.1, 0.15) is 0 Å². The number of likely N-dealkylation sites (tertiary alicyclic amines) is 1. The van der Waals surface area contributed by atoms with E-state index in [1.165, 1.54) is 19.3 Å². The second kappa shape index (κ2) is 9.75. The summed E-state index contributed by atoms with van der Waals surface area (Å²) in [5.74, 6) is -0.275. The van der Waals surface area contributed by atoms with Gasteiger partial charge >= 0.3 is 6.03 Å². The summed E-state index contributed by atoms with van der Waals surface area (Å²) < 4.78 is 0. The zero-order valence-electron chi connectivity index (χ0n) is 15.5. The molecule has 0 unspecified atom stereocenters. The Morgan fingerprint density at radius 2 is 1.80 bits per heavy atom. The van der Waals surface area contributed by atoms with Crippen LogP contribution in [0.2, 0.25) is 0 Å². The second-order valence-electron chi connectivity index (χ2n) is 7.20. The van der Waals surface area contributed by atoms with E-state index in [0.29, 0.717) is 19.1 Å². The molecule has 2 fully saturated rings. The largest absolute Gasteiger partial charge is 0.353 e. The van der Waals surface area contributed by atoms with E-state index < -0.39 is 12.1 Å². The van der Waals surface area contributed by atoms with Crippen molar-refractivity contribution in [2.24, 2.45) is 5.92 Å². The fraction of sp³-hybridized carbons (Fsp3) is 0.833. The van der Waals surface area contributed by atoms with Crippen molar-refractivity contribution in [3.05, 3.63) is 0 Å². The number of nitrogens with one attached hydrogen (secondary N) is 3. The van der Waals surface area contributed by atoms with Crippen molar-refractivity contribution in [2.45, 2.75) is 70.9 Å². The van der Waals surface area contributed by atoms with Crippen LogP contribution in [0.3, 0.4) is 0 Å². The number of carbonyl (C=O) groups is 3. The molecule has 2 atom stereocenters. The van der Waals surface area contributed by atoms with E-state index in [1.807, 2.05) is 4.90 Å². The van der Waals surface area contributed by atoms with E-state index >= 15 is 0 Å². The lowest BCUT2D eigenvalue weighted by atomic mass is 9.92. The second-order valence-corrected chi connectivity index (χ2v) is 7.20. The molecular formula is C18H32N4O3. The number of carbonyl (C=O) groups excluding carboxylic acids is 3. The molecule has 1 aliphatic carbocycles. The maximum atomic E-state index is 12.6. The number of rotatable bonds is 5. The third kappa shape index (κ3) is 5.99. The van der Waals surface area contributed by atoms with E-state index in [9.17, 15) is 14.4 Å². The summed E-state index contributed by atoms with van der Waals surface area (Å²) in [5.41, 5.74) is 0. The van der Waals surface area contributed by atoms with Crippen molar-refractivity contribution in [1.29, 1.82) is 0 Å². The topological polar surface area (TPSA) is 90.5 Å². The number of urea groups is 1. The first kappa shape index (κ1) is 19.7. The summed E-state index contributed by atoms with van der Waals surface area (Å²) in [5, 5.41) is 8.11. The summed E-state index contributed by atoms with van der Waals surface area (Å²) in [6, 6.07) is -0.578. The highest BCUT2D eigenvalue weighted by atomic mass is 16.2. The molecule has 0 aromatic heterocycles. The van der Waals surface area contributed by atoms with Crippen LogP contribution in [0.25, 0.3) is 0 Å². The highest BCUT2D eigenvalue weighted by Gasteiger charge is 2.32. The van der Waals surface area contributed by atoms with Crippen LogP contribution in [0.4, 0.5) is 4.79 Å². The number of hydrogen-bond donors (Lipinski definition) is 3. The van der Waals surface area contributed by atoms with Crippen molar-refractivity contribution in [3.8, 4) is 0 Å². The Kier molecular flexibility index (Phi) is 7.68. The summed E-state index contributed by atoms with van der Waals surface area (Å²) in [4.78, 5) is 38.3. The van der Waals surface area contributed by atoms with Crippen LogP contribution >= 0.6 is 0 Å². The molecule has 0 aromatic carbocycles. The van der Waals surface area contributed by atoms with Crippen LogP contribution in [-0.2, 0) is 9.59 Å². The molecule has 0 radical (unpaired) electrons. The average molecular weight is 352 g/mol. The lowest BCUT2D eigenvalue weighted by molar-refractivity contribution is -0.131. The molecule has 0 aromatic rings. The minimum absolute atomic E-state index is 0.0737. The van der Waals surface area contributed by atoms with Crippen LogP contribution in [0.5, 0.6) is 0 Å². The van der Waals surface area contributed by atoms with E-state index in [0.717, 1.165) is 32.2 Å². The molecule has 2 rings (SSSR count). The fourth-order valence-corrected chi connectivity index (χ4v) is 3.73. The molecule has 0 bridgehead atoms. The lowest BCUT2D eigenvalue weighted by Crippen LogP contribution is -2.54. The summed E-state index contributed by atoms with van der Waals surface area (Å²) in [7, 11) is 0. The molecule has 3 N–H and O–H groups in total. The predicted molar refractivity (Wildman–Crippen MR) is 96.0 cm³/mol. The number of amides is 4. The SMILES string of the molecule is CCNC(=O)NC(=O)[C@H](C)N1CCC[C@H](C(=O)NC2CCCCC2)C1. The quantitative estimate of drug-likeness (QED) is 0.697. The van der Waals surface area contributed by atoms with Crippen molar-refractivity contribution in [2.75, 3.05) is 19.6 Å². The standard InChI is InChI=1S/C18H32N4O3/c1-3-19-18(25)21-16(23)13(2)22-11-7-8-14(12-22)17(24)20-15-9-5-4-6-10-15/h13-15H,3-12H2,1-2H3,(H,20,24)(H2,19,21,23,25)/t13-,14-/m0/s1. The van der Waals surface area contributed by atoms with Crippen LogP contribution in [0.1, 0.15) is 58.8 Å². The van der Waals surface area contributed by atoms with Crippen molar-refractivity contribution >= 4 is 17.8 Å². The van der Waals surface area contributed by atoms with Gasteiger partial charge in [0.2, 0.25) is 11.8 Å². The Labute approximate surface area is 150 Å². The van der Waals surface area contributed by atoms with Gasteiger partial charge in [0.05, 0.1) is 12.0 Å². The Balaban J connectivity index is 1.83. The zero-order chi connectivity index (χ0) is 18.2. The van der Waals surface area contributed by atoms with Gasteiger partial charge in [0.15, 0.2) is 0 Å². The predicted octanol–water partition coefficient (Wildman–Crippen LogP) is 1.38. The molecule has 1 heterocycles. The summed E-state index contributed by atoms with van der Waals surface area (Å²) in [6.45, 7) is 5.41. The molecule has 1 saturated carbocycles. The third-order valence-corrected chi connectivity index (χ3v) is 5.28. The number of hydrogen-bond acceptors (Lipinski definition) is 4. The normalized spacial score (nSPS) is 23.5. The third-order valence-electron chi connectivity index (χ3n) is 5.28. The van der Waals surface area contributed by atoms with Gasteiger partial charge < -0.3 is 10.6 Å². The van der Waals surface area contributed by atoms with E-state index in [-0.39, 0.29) is 17.7 Å². The maximum Gasteiger partial charge on any atom is 0.321 e. The van der Waals surface area contributed by atoms with E-state index in [1.54, 1.807) is 13.8 Å². The molecule has 142 valence electrons. The average Bonchev–Trinajstić information content (AvgIpc) is 2.62. The molecular weight excluding hydrogens is 320 g/mol. The molecule has 7 heteroatoms. The van der Waals surface area contributed by atoms with Crippen LogP contribution < -0.4 is 16.0 Å². The van der Waals surface area contributed by atoms with Gasteiger partial charge in [0, 0.05) is 19.1 Å². The van der Waals surface area contributed by atoms with Crippen molar-refractivity contribution in [3.63, 3.8) is 0 Å². The van der Waals surface area contributed by atoms with Gasteiger partial charge in [-0.15, -0.1) is 0 Å². The molecule has 2 aliphatic rings. The minimum Gasteiger partial charge on any atom is -0.353 e. The Morgan fingerprint density at radius 3 is 2.48 bits per heavy atom. The first-order chi connectivity index (χ1) is 12.0. The molecule has 0 spiro atoms. The highest BCUT2D eigenvalue weighted by Crippen LogP contribution is 2.21. The van der Waals surface area contributed by atoms with E-state index in [4.69, 9.17) is 0 Å². The van der Waals surface area contributed by atoms with Gasteiger partial charge in [0.25, 0.3) is 0 Å². The van der Waals surface area contributed by atoms with Crippen LogP contribution in [0, 0.1) is 5.92 Å². The maximum absolute atomic E-state index is 12.6. The Bertz CT molecular complexity index is 477.